The Kier molecular flexibility index (Phi) is 5.03. The van der Waals surface area contributed by atoms with Gasteiger partial charge < -0.3 is 14.7 Å². The number of hydrogen-bond acceptors (Lipinski definition) is 3. The van der Waals surface area contributed by atoms with E-state index in [9.17, 15) is 9.90 Å². The first-order valence-corrected chi connectivity index (χ1v) is 9.19. The van der Waals surface area contributed by atoms with Gasteiger partial charge in [-0.2, -0.15) is 0 Å². The Hall–Kier alpha value is -2.02. The highest BCUT2D eigenvalue weighted by atomic mass is 127. The molecule has 1 aliphatic rings. The Bertz CT molecular complexity index is 858. The molecule has 5 heteroatoms. The summed E-state index contributed by atoms with van der Waals surface area (Å²) >= 11 is 2.06. The molecule has 1 heterocycles. The second-order valence-corrected chi connectivity index (χ2v) is 7.60. The Labute approximate surface area is 161 Å². The normalized spacial score (nSPS) is 15.2. The number of benzene rings is 2. The van der Waals surface area contributed by atoms with Crippen molar-refractivity contribution < 1.29 is 14.6 Å². The van der Waals surface area contributed by atoms with E-state index in [-0.39, 0.29) is 11.7 Å². The summed E-state index contributed by atoms with van der Waals surface area (Å²) in [5.74, 6) is 0.907. The van der Waals surface area contributed by atoms with E-state index in [4.69, 9.17) is 4.74 Å². The van der Waals surface area contributed by atoms with Gasteiger partial charge in [0.25, 0.3) is 5.91 Å². The SMILES string of the molecule is COc1cc(/C=C2\C(=O)N(CC(C)C)c3ccccc32)cc(I)c1O. The number of rotatable bonds is 4. The number of amides is 1. The molecule has 130 valence electrons. The van der Waals surface area contributed by atoms with Crippen molar-refractivity contribution in [2.45, 2.75) is 13.8 Å². The topological polar surface area (TPSA) is 49.8 Å². The van der Waals surface area contributed by atoms with Crippen LogP contribution in [0.15, 0.2) is 36.4 Å². The van der Waals surface area contributed by atoms with E-state index >= 15 is 0 Å². The van der Waals surface area contributed by atoms with Gasteiger partial charge in [-0.05, 0) is 58.3 Å². The summed E-state index contributed by atoms with van der Waals surface area (Å²) < 4.78 is 5.90. The Morgan fingerprint density at radius 1 is 1.28 bits per heavy atom. The van der Waals surface area contributed by atoms with Gasteiger partial charge >= 0.3 is 0 Å². The van der Waals surface area contributed by atoms with E-state index in [1.54, 1.807) is 6.07 Å². The van der Waals surface area contributed by atoms with Gasteiger partial charge in [-0.1, -0.05) is 32.0 Å². The standard InChI is InChI=1S/C20H20INO3/c1-12(2)11-22-17-7-5-4-6-14(17)15(20(22)24)8-13-9-16(21)19(23)18(10-13)25-3/h4-10,12,23H,11H2,1-3H3/b15-8-. The molecule has 0 unspecified atom stereocenters. The number of fused-ring (bicyclic) bond motifs is 1. The molecule has 0 saturated carbocycles. The largest absolute Gasteiger partial charge is 0.504 e. The lowest BCUT2D eigenvalue weighted by molar-refractivity contribution is -0.113. The van der Waals surface area contributed by atoms with Crippen molar-refractivity contribution in [3.05, 3.63) is 51.1 Å². The minimum absolute atomic E-state index is 0.0111. The van der Waals surface area contributed by atoms with Gasteiger partial charge in [0.15, 0.2) is 11.5 Å². The van der Waals surface area contributed by atoms with Crippen LogP contribution in [0, 0.1) is 9.49 Å². The van der Waals surface area contributed by atoms with Crippen LogP contribution in [0.2, 0.25) is 0 Å². The summed E-state index contributed by atoms with van der Waals surface area (Å²) in [6.07, 6.45) is 1.87. The van der Waals surface area contributed by atoms with Crippen LogP contribution in [0.1, 0.15) is 25.0 Å². The van der Waals surface area contributed by atoms with Crippen LogP contribution in [-0.4, -0.2) is 24.7 Å². The first kappa shape index (κ1) is 17.8. The summed E-state index contributed by atoms with van der Waals surface area (Å²) in [6, 6.07) is 11.4. The zero-order valence-corrected chi connectivity index (χ0v) is 16.6. The van der Waals surface area contributed by atoms with Gasteiger partial charge in [0, 0.05) is 17.7 Å². The number of carbonyl (C=O) groups is 1. The molecule has 0 atom stereocenters. The molecular formula is C20H20INO3. The van der Waals surface area contributed by atoms with E-state index in [0.29, 0.717) is 27.4 Å². The van der Waals surface area contributed by atoms with Crippen LogP contribution < -0.4 is 9.64 Å². The molecule has 2 aromatic carbocycles. The first-order valence-electron chi connectivity index (χ1n) is 8.11. The third kappa shape index (κ3) is 3.38. The van der Waals surface area contributed by atoms with E-state index in [1.165, 1.54) is 7.11 Å². The fraction of sp³-hybridized carbons (Fsp3) is 0.250. The van der Waals surface area contributed by atoms with Crippen molar-refractivity contribution in [2.24, 2.45) is 5.92 Å². The maximum Gasteiger partial charge on any atom is 0.259 e. The van der Waals surface area contributed by atoms with E-state index in [1.807, 2.05) is 41.3 Å². The first-order chi connectivity index (χ1) is 11.9. The summed E-state index contributed by atoms with van der Waals surface area (Å²) in [5, 5.41) is 10.0. The van der Waals surface area contributed by atoms with Crippen molar-refractivity contribution in [2.75, 3.05) is 18.6 Å². The number of nitrogens with zero attached hydrogens (tertiary/aromatic N) is 1. The molecule has 0 radical (unpaired) electrons. The lowest BCUT2D eigenvalue weighted by atomic mass is 10.0. The molecule has 0 aliphatic carbocycles. The highest BCUT2D eigenvalue weighted by Crippen LogP contribution is 2.39. The average molecular weight is 449 g/mol. The Morgan fingerprint density at radius 3 is 2.68 bits per heavy atom. The van der Waals surface area contributed by atoms with Crippen molar-refractivity contribution in [1.29, 1.82) is 0 Å². The minimum Gasteiger partial charge on any atom is -0.504 e. The number of halogens is 1. The van der Waals surface area contributed by atoms with Gasteiger partial charge in [-0.25, -0.2) is 0 Å². The summed E-state index contributed by atoms with van der Waals surface area (Å²) in [4.78, 5) is 14.8. The maximum absolute atomic E-state index is 13.0. The average Bonchev–Trinajstić information content (AvgIpc) is 2.83. The number of hydrogen-bond donors (Lipinski definition) is 1. The van der Waals surface area contributed by atoms with Gasteiger partial charge in [-0.3, -0.25) is 4.79 Å². The number of aromatic hydroxyl groups is 1. The van der Waals surface area contributed by atoms with Crippen molar-refractivity contribution >= 4 is 45.8 Å². The summed E-state index contributed by atoms with van der Waals surface area (Å²) in [5.41, 5.74) is 3.38. The van der Waals surface area contributed by atoms with Gasteiger partial charge in [0.05, 0.1) is 16.4 Å². The van der Waals surface area contributed by atoms with Crippen LogP contribution in [0.5, 0.6) is 11.5 Å². The molecule has 0 fully saturated rings. The molecule has 0 bridgehead atoms. The number of methoxy groups -OCH3 is 1. The lowest BCUT2D eigenvalue weighted by Crippen LogP contribution is -2.30. The van der Waals surface area contributed by atoms with Gasteiger partial charge in [0.1, 0.15) is 0 Å². The molecule has 3 rings (SSSR count). The van der Waals surface area contributed by atoms with Gasteiger partial charge in [-0.15, -0.1) is 0 Å². The third-order valence-electron chi connectivity index (χ3n) is 4.09. The fourth-order valence-electron chi connectivity index (χ4n) is 2.99. The second-order valence-electron chi connectivity index (χ2n) is 6.44. The highest BCUT2D eigenvalue weighted by molar-refractivity contribution is 14.1. The molecule has 0 aromatic heterocycles. The molecule has 1 amide bonds. The molecule has 25 heavy (non-hydrogen) atoms. The number of anilines is 1. The molecule has 1 aliphatic heterocycles. The number of phenolic OH excluding ortho intramolecular Hbond substituents is 1. The quantitative estimate of drug-likeness (QED) is 0.551. The third-order valence-corrected chi connectivity index (χ3v) is 4.91. The molecular weight excluding hydrogens is 429 g/mol. The fourth-order valence-corrected chi connectivity index (χ4v) is 3.62. The van der Waals surface area contributed by atoms with Crippen LogP contribution >= 0.6 is 22.6 Å². The number of phenols is 1. The van der Waals surface area contributed by atoms with E-state index in [2.05, 4.69) is 36.4 Å². The van der Waals surface area contributed by atoms with Crippen LogP contribution in [0.4, 0.5) is 5.69 Å². The molecule has 4 nitrogen and oxygen atoms in total. The number of para-hydroxylation sites is 1. The monoisotopic (exact) mass is 449 g/mol. The van der Waals surface area contributed by atoms with Crippen LogP contribution in [0.3, 0.4) is 0 Å². The molecule has 0 saturated heterocycles. The molecule has 0 spiro atoms. The van der Waals surface area contributed by atoms with Crippen molar-refractivity contribution in [3.63, 3.8) is 0 Å². The zero-order valence-electron chi connectivity index (χ0n) is 14.4. The lowest BCUT2D eigenvalue weighted by Gasteiger charge is -2.19. The summed E-state index contributed by atoms with van der Waals surface area (Å²) in [7, 11) is 1.52. The second kappa shape index (κ2) is 7.07. The van der Waals surface area contributed by atoms with Crippen LogP contribution in [0.25, 0.3) is 11.6 Å². The maximum atomic E-state index is 13.0. The van der Waals surface area contributed by atoms with Gasteiger partial charge in [0.2, 0.25) is 0 Å². The predicted octanol–water partition coefficient (Wildman–Crippen LogP) is 4.55. The number of ether oxygens (including phenoxy) is 1. The minimum atomic E-state index is 0.0111. The highest BCUT2D eigenvalue weighted by Gasteiger charge is 2.32. The molecule has 2 aromatic rings. The van der Waals surface area contributed by atoms with E-state index in [0.717, 1.165) is 16.8 Å². The Morgan fingerprint density at radius 2 is 2.00 bits per heavy atom. The van der Waals surface area contributed by atoms with Crippen molar-refractivity contribution in [3.8, 4) is 11.5 Å². The smallest absolute Gasteiger partial charge is 0.259 e. The Balaban J connectivity index is 2.10. The van der Waals surface area contributed by atoms with Crippen LogP contribution in [-0.2, 0) is 4.79 Å². The predicted molar refractivity (Wildman–Crippen MR) is 109 cm³/mol. The zero-order chi connectivity index (χ0) is 18.1. The number of carbonyl (C=O) groups excluding carboxylic acids is 1. The van der Waals surface area contributed by atoms with E-state index < -0.39 is 0 Å². The van der Waals surface area contributed by atoms with Crippen molar-refractivity contribution in [1.82, 2.24) is 0 Å². The summed E-state index contributed by atoms with van der Waals surface area (Å²) in [6.45, 7) is 4.89. The molecule has 1 N–H and O–H groups in total.